The van der Waals surface area contributed by atoms with Crippen molar-refractivity contribution in [3.05, 3.63) is 0 Å². The van der Waals surface area contributed by atoms with Gasteiger partial charge in [-0.05, 0) is 33.6 Å². The fraction of sp³-hybridized carbons (Fsp3) is 0.714. The molecule has 1 rings (SSSR count). The molecule has 1 aliphatic heterocycles. The van der Waals surface area contributed by atoms with E-state index in [2.05, 4.69) is 28.4 Å². The number of hydrogen-bond donors (Lipinski definition) is 1. The second-order valence-corrected chi connectivity index (χ2v) is 6.76. The summed E-state index contributed by atoms with van der Waals surface area (Å²) in [5.74, 6) is 2.82. The van der Waals surface area contributed by atoms with E-state index < -0.39 is 34.3 Å². The first-order valence-corrected chi connectivity index (χ1v) is 8.55. The van der Waals surface area contributed by atoms with E-state index in [1.807, 2.05) is 0 Å². The molecule has 0 saturated carbocycles. The molecule has 1 aliphatic rings. The van der Waals surface area contributed by atoms with Crippen molar-refractivity contribution in [3.8, 4) is 12.5 Å². The molecule has 1 fully saturated rings. The maximum absolute atomic E-state index is 12.2. The first kappa shape index (κ1) is 22.0. The molecule has 2 unspecified atom stereocenters. The molecule has 0 aromatic rings. The zero-order valence-electron chi connectivity index (χ0n) is 13.6. The van der Waals surface area contributed by atoms with Crippen LogP contribution >= 0.6 is 11.9 Å². The first-order valence-electron chi connectivity index (χ1n) is 7.00. The number of carbonyl (C=O) groups excluding carboxylic acids is 1. The highest BCUT2D eigenvalue weighted by Gasteiger charge is 2.36. The fourth-order valence-corrected chi connectivity index (χ4v) is 2.38. The third kappa shape index (κ3) is 9.69. The smallest absolute Gasteiger partial charge is 0.327 e. The van der Waals surface area contributed by atoms with E-state index in [4.69, 9.17) is 14.8 Å². The number of terminal acetylenes is 1. The van der Waals surface area contributed by atoms with Gasteiger partial charge in [0.2, 0.25) is 0 Å². The van der Waals surface area contributed by atoms with Crippen molar-refractivity contribution in [1.82, 2.24) is 5.06 Å². The van der Waals surface area contributed by atoms with Gasteiger partial charge in [0.05, 0.1) is 0 Å². The molecular weight excluding hydrogens is 344 g/mol. The Bertz CT molecular complexity index is 477. The summed E-state index contributed by atoms with van der Waals surface area (Å²) in [4.78, 5) is 12.2. The molecular formula is C14H24ClN2O5S-. The Labute approximate surface area is 144 Å². The molecule has 2 N–H and O–H groups in total. The lowest BCUT2D eigenvalue weighted by molar-refractivity contribution is -0.176. The summed E-state index contributed by atoms with van der Waals surface area (Å²) >= 11 is 4.45. The SMILES string of the molecule is C#COCl.C=[S-](=O)ON1CCCCC(N)C1C(=O)OC(C)(C)C. The molecule has 2 atom stereocenters. The number of rotatable bonds is 3. The predicted molar refractivity (Wildman–Crippen MR) is 90.2 cm³/mol. The van der Waals surface area contributed by atoms with E-state index >= 15 is 0 Å². The van der Waals surface area contributed by atoms with Gasteiger partial charge in [0, 0.05) is 12.6 Å². The summed E-state index contributed by atoms with van der Waals surface area (Å²) < 4.78 is 25.1. The van der Waals surface area contributed by atoms with Crippen LogP contribution in [0.3, 0.4) is 0 Å². The van der Waals surface area contributed by atoms with Crippen LogP contribution < -0.4 is 5.73 Å². The number of nitrogens with two attached hydrogens (primary N) is 1. The van der Waals surface area contributed by atoms with Gasteiger partial charge < -0.3 is 23.3 Å². The third-order valence-corrected chi connectivity index (χ3v) is 3.20. The monoisotopic (exact) mass is 367 g/mol. The average molecular weight is 368 g/mol. The van der Waals surface area contributed by atoms with Crippen molar-refractivity contribution in [2.75, 3.05) is 6.54 Å². The normalized spacial score (nSPS) is 22.3. The van der Waals surface area contributed by atoms with Crippen LogP contribution in [0.15, 0.2) is 0 Å². The van der Waals surface area contributed by atoms with Crippen molar-refractivity contribution in [1.29, 1.82) is 0 Å². The van der Waals surface area contributed by atoms with Crippen molar-refractivity contribution in [2.24, 2.45) is 5.73 Å². The molecule has 1 heterocycles. The Hall–Kier alpha value is -0.980. The molecule has 7 nitrogen and oxygen atoms in total. The number of halogens is 1. The Morgan fingerprint density at radius 2 is 2.04 bits per heavy atom. The molecule has 0 aliphatic carbocycles. The lowest BCUT2D eigenvalue weighted by Gasteiger charge is -2.34. The number of hydroxylamine groups is 2. The van der Waals surface area contributed by atoms with Crippen LogP contribution in [0, 0.1) is 12.5 Å². The highest BCUT2D eigenvalue weighted by Crippen LogP contribution is 2.20. The molecule has 1 saturated heterocycles. The van der Waals surface area contributed by atoms with Crippen LogP contribution in [0.1, 0.15) is 40.0 Å². The summed E-state index contributed by atoms with van der Waals surface area (Å²) in [6.07, 6.45) is 8.54. The summed E-state index contributed by atoms with van der Waals surface area (Å²) in [5.41, 5.74) is 5.42. The van der Waals surface area contributed by atoms with Crippen LogP contribution in [0.2, 0.25) is 0 Å². The van der Waals surface area contributed by atoms with Crippen LogP contribution in [-0.4, -0.2) is 41.1 Å². The Balaban J connectivity index is 0.00000108. The van der Waals surface area contributed by atoms with Crippen LogP contribution in [0.25, 0.3) is 0 Å². The quantitative estimate of drug-likeness (QED) is 0.350. The highest BCUT2D eigenvalue weighted by atomic mass is 35.5. The van der Waals surface area contributed by atoms with Crippen LogP contribution in [0.5, 0.6) is 0 Å². The van der Waals surface area contributed by atoms with E-state index in [1.54, 1.807) is 26.9 Å². The van der Waals surface area contributed by atoms with Gasteiger partial charge in [-0.3, -0.25) is 4.79 Å². The summed E-state index contributed by atoms with van der Waals surface area (Å²) in [5, 5.41) is 1.36. The molecule has 0 bridgehead atoms. The number of esters is 1. The Morgan fingerprint density at radius 1 is 1.48 bits per heavy atom. The van der Waals surface area contributed by atoms with Crippen LogP contribution in [-0.2, 0) is 33.0 Å². The number of nitrogens with zero attached hydrogens (tertiary/aromatic N) is 1. The largest absolute Gasteiger partial charge is 0.459 e. The minimum absolute atomic E-state index is 0.402. The second kappa shape index (κ2) is 10.7. The van der Waals surface area contributed by atoms with Crippen molar-refractivity contribution >= 4 is 34.4 Å². The lowest BCUT2D eigenvalue weighted by Crippen LogP contribution is -2.53. The van der Waals surface area contributed by atoms with Crippen molar-refractivity contribution in [3.63, 3.8) is 0 Å². The zero-order chi connectivity index (χ0) is 18.0. The molecule has 0 amide bonds. The third-order valence-electron chi connectivity index (χ3n) is 2.75. The van der Waals surface area contributed by atoms with E-state index in [9.17, 15) is 9.00 Å². The second-order valence-electron chi connectivity index (χ2n) is 5.85. The summed E-state index contributed by atoms with van der Waals surface area (Å²) in [6.45, 7) is 5.85. The van der Waals surface area contributed by atoms with Crippen molar-refractivity contribution < 1.29 is 22.3 Å². The topological polar surface area (TPSA) is 91.1 Å². The van der Waals surface area contributed by atoms with Gasteiger partial charge in [0.1, 0.15) is 29.6 Å². The minimum atomic E-state index is -1.73. The molecule has 23 heavy (non-hydrogen) atoms. The van der Waals surface area contributed by atoms with Gasteiger partial charge in [0.25, 0.3) is 0 Å². The van der Waals surface area contributed by atoms with Gasteiger partial charge in [-0.25, -0.2) is 0 Å². The van der Waals surface area contributed by atoms with Gasteiger partial charge in [0.15, 0.2) is 0 Å². The standard InChI is InChI=1S/C12H23N2O4S.C2HClO/c1-12(2,3)17-11(15)10-9(13)7-5-6-8-14(10)18-19(4)16;1-2-4-3/h9-10H,4-8,13H2,1-3H3;1H/q-1;. The lowest BCUT2D eigenvalue weighted by atomic mass is 10.0. The number of carbonyl (C=O) groups is 1. The highest BCUT2D eigenvalue weighted by molar-refractivity contribution is 7.77. The maximum atomic E-state index is 12.2. The van der Waals surface area contributed by atoms with Gasteiger partial charge in [-0.2, -0.15) is 10.9 Å². The zero-order valence-corrected chi connectivity index (χ0v) is 15.2. The molecule has 0 radical (unpaired) electrons. The van der Waals surface area contributed by atoms with Crippen molar-refractivity contribution in [2.45, 2.75) is 57.7 Å². The predicted octanol–water partition coefficient (Wildman–Crippen LogP) is 1.50. The molecule has 134 valence electrons. The van der Waals surface area contributed by atoms with Gasteiger partial charge in [-0.1, -0.05) is 12.8 Å². The van der Waals surface area contributed by atoms with E-state index in [0.717, 1.165) is 12.8 Å². The Kier molecular flexibility index (Phi) is 10.3. The fourth-order valence-electron chi connectivity index (χ4n) is 2.00. The van der Waals surface area contributed by atoms with E-state index in [0.29, 0.717) is 13.0 Å². The minimum Gasteiger partial charge on any atom is -0.459 e. The summed E-state index contributed by atoms with van der Waals surface area (Å²) in [6, 6.07) is -1.15. The average Bonchev–Trinajstić information content (AvgIpc) is 2.58. The number of hydrogen-bond acceptors (Lipinski definition) is 8. The summed E-state index contributed by atoms with van der Waals surface area (Å²) in [7, 11) is -1.73. The molecule has 0 spiro atoms. The van der Waals surface area contributed by atoms with Gasteiger partial charge >= 0.3 is 5.97 Å². The van der Waals surface area contributed by atoms with Gasteiger partial charge in [-0.15, -0.1) is 10.7 Å². The Morgan fingerprint density at radius 3 is 2.48 bits per heavy atom. The van der Waals surface area contributed by atoms with E-state index in [1.165, 1.54) is 5.06 Å². The number of ether oxygens (including phenoxy) is 1. The molecule has 9 heteroatoms. The molecule has 0 aromatic carbocycles. The first-order chi connectivity index (χ1) is 10.6. The van der Waals surface area contributed by atoms with Crippen LogP contribution in [0.4, 0.5) is 0 Å². The maximum Gasteiger partial charge on any atom is 0.327 e. The van der Waals surface area contributed by atoms with E-state index in [-0.39, 0.29) is 0 Å². The molecule has 0 aromatic heterocycles.